The lowest BCUT2D eigenvalue weighted by Gasteiger charge is -2.00. The van der Waals surface area contributed by atoms with Crippen LogP contribution in [0.25, 0.3) is 11.3 Å². The van der Waals surface area contributed by atoms with Gasteiger partial charge >= 0.3 is 0 Å². The Bertz CT molecular complexity index is 466. The summed E-state index contributed by atoms with van der Waals surface area (Å²) in [4.78, 5) is 0. The molecule has 0 aliphatic heterocycles. The summed E-state index contributed by atoms with van der Waals surface area (Å²) in [6.45, 7) is 0. The van der Waals surface area contributed by atoms with E-state index in [1.54, 1.807) is 18.2 Å². The summed E-state index contributed by atoms with van der Waals surface area (Å²) in [6.07, 6.45) is 0. The maximum atomic E-state index is 13.5. The van der Waals surface area contributed by atoms with Crippen LogP contribution in [-0.4, -0.2) is 5.16 Å². The topological polar surface area (TPSA) is 26.0 Å². The predicted octanol–water partition coefficient (Wildman–Crippen LogP) is 3.98. The second-order valence-corrected chi connectivity index (χ2v) is 4.03. The van der Waals surface area contributed by atoms with Crippen molar-refractivity contribution < 1.29 is 8.91 Å². The van der Waals surface area contributed by atoms with E-state index in [2.05, 4.69) is 21.1 Å². The molecule has 0 aliphatic carbocycles. The van der Waals surface area contributed by atoms with Crippen molar-refractivity contribution in [2.24, 2.45) is 0 Å². The molecule has 0 aliphatic rings. The van der Waals surface area contributed by atoms with Gasteiger partial charge in [-0.15, -0.1) is 11.6 Å². The highest BCUT2D eigenvalue weighted by atomic mass is 79.9. The van der Waals surface area contributed by atoms with Crippen molar-refractivity contribution in [3.05, 3.63) is 40.3 Å². The third kappa shape index (κ3) is 2.06. The van der Waals surface area contributed by atoms with Crippen LogP contribution in [0.4, 0.5) is 4.39 Å². The minimum atomic E-state index is -0.348. The third-order valence-corrected chi connectivity index (χ3v) is 2.83. The van der Waals surface area contributed by atoms with E-state index in [1.165, 1.54) is 6.07 Å². The molecule has 0 fully saturated rings. The van der Waals surface area contributed by atoms with E-state index < -0.39 is 0 Å². The van der Waals surface area contributed by atoms with Gasteiger partial charge in [0.25, 0.3) is 0 Å². The van der Waals surface area contributed by atoms with Crippen molar-refractivity contribution in [2.75, 3.05) is 0 Å². The predicted molar refractivity (Wildman–Crippen MR) is 59.2 cm³/mol. The summed E-state index contributed by atoms with van der Waals surface area (Å²) in [5.41, 5.74) is 0.827. The van der Waals surface area contributed by atoms with Gasteiger partial charge in [0.1, 0.15) is 11.5 Å². The van der Waals surface area contributed by atoms with Gasteiger partial charge in [-0.3, -0.25) is 0 Å². The molecule has 2 nitrogen and oxygen atoms in total. The third-order valence-electron chi connectivity index (χ3n) is 1.91. The van der Waals surface area contributed by atoms with Gasteiger partial charge in [0.05, 0.1) is 11.4 Å². The van der Waals surface area contributed by atoms with Crippen molar-refractivity contribution in [2.45, 2.75) is 5.88 Å². The van der Waals surface area contributed by atoms with E-state index >= 15 is 0 Å². The van der Waals surface area contributed by atoms with E-state index in [9.17, 15) is 4.39 Å². The molecule has 0 amide bonds. The Kier molecular flexibility index (Phi) is 3.07. The molecule has 15 heavy (non-hydrogen) atoms. The van der Waals surface area contributed by atoms with Gasteiger partial charge < -0.3 is 4.52 Å². The molecule has 5 heteroatoms. The van der Waals surface area contributed by atoms with Crippen molar-refractivity contribution >= 4 is 27.5 Å². The van der Waals surface area contributed by atoms with Gasteiger partial charge in [-0.2, -0.15) is 0 Å². The fraction of sp³-hybridized carbons (Fsp3) is 0.100. The van der Waals surface area contributed by atoms with E-state index in [1.807, 2.05) is 0 Å². The van der Waals surface area contributed by atoms with Gasteiger partial charge in [0, 0.05) is 10.5 Å². The molecule has 2 aromatic rings. The SMILES string of the molecule is Fc1cccc(Br)c1-c1cc(CCl)on1. The summed E-state index contributed by atoms with van der Waals surface area (Å²) in [5, 5.41) is 3.75. The zero-order chi connectivity index (χ0) is 10.8. The quantitative estimate of drug-likeness (QED) is 0.782. The Morgan fingerprint density at radius 2 is 2.27 bits per heavy atom. The zero-order valence-electron chi connectivity index (χ0n) is 7.51. The molecule has 1 aromatic heterocycles. The Labute approximate surface area is 99.2 Å². The standard InChI is InChI=1S/C10H6BrClFNO/c11-7-2-1-3-8(13)10(7)9-4-6(5-12)15-14-9/h1-4H,5H2. The normalized spacial score (nSPS) is 10.6. The largest absolute Gasteiger partial charge is 0.359 e. The van der Waals surface area contributed by atoms with Gasteiger partial charge in [0.2, 0.25) is 0 Å². The summed E-state index contributed by atoms with van der Waals surface area (Å²) in [5.74, 6) is 0.389. The Morgan fingerprint density at radius 3 is 2.87 bits per heavy atom. The first-order chi connectivity index (χ1) is 7.22. The zero-order valence-corrected chi connectivity index (χ0v) is 9.85. The highest BCUT2D eigenvalue weighted by Crippen LogP contribution is 2.30. The minimum absolute atomic E-state index is 0.221. The average molecular weight is 291 g/mol. The highest BCUT2D eigenvalue weighted by molar-refractivity contribution is 9.10. The molecule has 0 radical (unpaired) electrons. The van der Waals surface area contributed by atoms with Crippen LogP contribution in [0.5, 0.6) is 0 Å². The molecule has 1 heterocycles. The van der Waals surface area contributed by atoms with E-state index in [0.717, 1.165) is 0 Å². The molecule has 2 rings (SSSR count). The second-order valence-electron chi connectivity index (χ2n) is 2.91. The molecule has 0 N–H and O–H groups in total. The molecule has 0 spiro atoms. The number of rotatable bonds is 2. The van der Waals surface area contributed by atoms with E-state index in [0.29, 0.717) is 21.5 Å². The number of hydrogen-bond donors (Lipinski definition) is 0. The van der Waals surface area contributed by atoms with Crippen LogP contribution in [0.2, 0.25) is 0 Å². The van der Waals surface area contributed by atoms with E-state index in [-0.39, 0.29) is 11.7 Å². The molecular weight excluding hydrogens is 284 g/mol. The molecule has 0 saturated carbocycles. The molecule has 0 bridgehead atoms. The first-order valence-corrected chi connectivity index (χ1v) is 5.51. The number of benzene rings is 1. The Morgan fingerprint density at radius 1 is 1.47 bits per heavy atom. The van der Waals surface area contributed by atoms with Crippen LogP contribution >= 0.6 is 27.5 Å². The van der Waals surface area contributed by atoms with Crippen molar-refractivity contribution in [1.82, 2.24) is 5.16 Å². The fourth-order valence-electron chi connectivity index (χ4n) is 1.24. The first kappa shape index (κ1) is 10.6. The molecular formula is C10H6BrClFNO. The minimum Gasteiger partial charge on any atom is -0.359 e. The first-order valence-electron chi connectivity index (χ1n) is 4.18. The van der Waals surface area contributed by atoms with Crippen molar-refractivity contribution in [3.8, 4) is 11.3 Å². The number of alkyl halides is 1. The lowest BCUT2D eigenvalue weighted by atomic mass is 10.1. The van der Waals surface area contributed by atoms with Crippen molar-refractivity contribution in [3.63, 3.8) is 0 Å². The highest BCUT2D eigenvalue weighted by Gasteiger charge is 2.13. The molecule has 0 atom stereocenters. The van der Waals surface area contributed by atoms with Crippen molar-refractivity contribution in [1.29, 1.82) is 0 Å². The lowest BCUT2D eigenvalue weighted by Crippen LogP contribution is -1.85. The fourth-order valence-corrected chi connectivity index (χ4v) is 1.91. The van der Waals surface area contributed by atoms with Crippen LogP contribution in [-0.2, 0) is 5.88 Å². The van der Waals surface area contributed by atoms with Crippen LogP contribution in [0.3, 0.4) is 0 Å². The average Bonchev–Trinajstić information content (AvgIpc) is 2.66. The Balaban J connectivity index is 2.53. The maximum Gasteiger partial charge on any atom is 0.152 e. The van der Waals surface area contributed by atoms with E-state index in [4.69, 9.17) is 16.1 Å². The van der Waals surface area contributed by atoms with Crippen LogP contribution in [0.15, 0.2) is 33.3 Å². The number of halogens is 3. The molecule has 78 valence electrons. The number of hydrogen-bond acceptors (Lipinski definition) is 2. The van der Waals surface area contributed by atoms with Crippen LogP contribution < -0.4 is 0 Å². The number of aromatic nitrogens is 1. The van der Waals surface area contributed by atoms with Gasteiger partial charge in [-0.05, 0) is 28.1 Å². The van der Waals surface area contributed by atoms with Gasteiger partial charge in [0.15, 0.2) is 5.76 Å². The lowest BCUT2D eigenvalue weighted by molar-refractivity contribution is 0.396. The smallest absolute Gasteiger partial charge is 0.152 e. The summed E-state index contributed by atoms with van der Waals surface area (Å²) in [7, 11) is 0. The second kappa shape index (κ2) is 4.33. The van der Waals surface area contributed by atoms with Crippen LogP contribution in [0, 0.1) is 5.82 Å². The van der Waals surface area contributed by atoms with Gasteiger partial charge in [-0.25, -0.2) is 4.39 Å². The Hall–Kier alpha value is -0.870. The summed E-state index contributed by atoms with van der Waals surface area (Å²) >= 11 is 8.83. The van der Waals surface area contributed by atoms with Crippen LogP contribution in [0.1, 0.15) is 5.76 Å². The molecule has 1 aromatic carbocycles. The molecule has 0 saturated heterocycles. The number of nitrogens with zero attached hydrogens (tertiary/aromatic N) is 1. The summed E-state index contributed by atoms with van der Waals surface area (Å²) in [6, 6.07) is 6.35. The maximum absolute atomic E-state index is 13.5. The summed E-state index contributed by atoms with van der Waals surface area (Å²) < 4.78 is 19.0. The van der Waals surface area contributed by atoms with Gasteiger partial charge in [-0.1, -0.05) is 11.2 Å². The molecule has 0 unspecified atom stereocenters. The monoisotopic (exact) mass is 289 g/mol.